The van der Waals surface area contributed by atoms with Gasteiger partial charge in [0.15, 0.2) is 0 Å². The highest BCUT2D eigenvalue weighted by Crippen LogP contribution is 2.22. The Bertz CT molecular complexity index is 594. The molecule has 5 nitrogen and oxygen atoms in total. The molecule has 0 aliphatic rings. The second-order valence-corrected chi connectivity index (χ2v) is 11.9. The lowest BCUT2D eigenvalue weighted by atomic mass is 10.4. The van der Waals surface area contributed by atoms with E-state index in [0.717, 1.165) is 29.5 Å². The van der Waals surface area contributed by atoms with Crippen LogP contribution in [0.25, 0.3) is 11.0 Å². The number of fused-ring (bicyclic) bond motifs is 1. The lowest BCUT2D eigenvalue weighted by Gasteiger charge is -2.15. The van der Waals surface area contributed by atoms with E-state index >= 15 is 0 Å². The van der Waals surface area contributed by atoms with Crippen molar-refractivity contribution in [1.82, 2.24) is 14.5 Å². The van der Waals surface area contributed by atoms with Crippen LogP contribution in [0.2, 0.25) is 31.0 Å². The first kappa shape index (κ1) is 15.3. The van der Waals surface area contributed by atoms with Crippen molar-refractivity contribution in [1.29, 1.82) is 0 Å². The van der Waals surface area contributed by atoms with Crippen molar-refractivity contribution in [3.8, 4) is 0 Å². The molecule has 0 aromatic carbocycles. The molecule has 0 radical (unpaired) electrons. The minimum absolute atomic E-state index is 0.240. The number of hydrogen-bond donors (Lipinski definition) is 1. The fraction of sp³-hybridized carbons (Fsp3) is 0.538. The first-order chi connectivity index (χ1) is 9.40. The molecule has 7 heteroatoms. The lowest BCUT2D eigenvalue weighted by molar-refractivity contribution is 0.0899. The number of aromatic nitrogens is 3. The summed E-state index contributed by atoms with van der Waals surface area (Å²) in [5, 5.41) is 4.22. The average Bonchev–Trinajstić information content (AvgIpc) is 2.75. The highest BCUT2D eigenvalue weighted by Gasteiger charge is 2.13. The quantitative estimate of drug-likeness (QED) is 0.504. The van der Waals surface area contributed by atoms with Crippen molar-refractivity contribution in [3.05, 3.63) is 17.5 Å². The third-order valence-electron chi connectivity index (χ3n) is 3.06. The number of anilines is 1. The Balaban J connectivity index is 2.09. The summed E-state index contributed by atoms with van der Waals surface area (Å²) in [6.07, 6.45) is 1.95. The van der Waals surface area contributed by atoms with Crippen LogP contribution in [0.1, 0.15) is 0 Å². The second-order valence-electron chi connectivity index (χ2n) is 5.96. The molecule has 0 atom stereocenters. The Kier molecular flexibility index (Phi) is 4.67. The SMILES string of the molecule is CNc1nc(Cl)nc2c1ccn2COCC[Si](C)(C)C. The van der Waals surface area contributed by atoms with Gasteiger partial charge in [0.1, 0.15) is 18.2 Å². The molecule has 110 valence electrons. The zero-order valence-electron chi connectivity index (χ0n) is 12.4. The van der Waals surface area contributed by atoms with Crippen molar-refractivity contribution < 1.29 is 4.74 Å². The van der Waals surface area contributed by atoms with E-state index in [0.29, 0.717) is 6.73 Å². The molecule has 0 amide bonds. The van der Waals surface area contributed by atoms with Gasteiger partial charge in [-0.05, 0) is 23.7 Å². The number of halogens is 1. The van der Waals surface area contributed by atoms with Gasteiger partial charge in [-0.25, -0.2) is 4.98 Å². The van der Waals surface area contributed by atoms with Crippen LogP contribution in [0.15, 0.2) is 12.3 Å². The fourth-order valence-electron chi connectivity index (χ4n) is 1.87. The van der Waals surface area contributed by atoms with Gasteiger partial charge in [0, 0.05) is 27.9 Å². The van der Waals surface area contributed by atoms with Crippen LogP contribution in [0, 0.1) is 0 Å². The Morgan fingerprint density at radius 2 is 2.10 bits per heavy atom. The molecule has 0 aliphatic carbocycles. The van der Waals surface area contributed by atoms with Crippen LogP contribution >= 0.6 is 11.6 Å². The summed E-state index contributed by atoms with van der Waals surface area (Å²) in [6, 6.07) is 3.13. The van der Waals surface area contributed by atoms with Gasteiger partial charge < -0.3 is 14.6 Å². The molecule has 0 saturated carbocycles. The molecule has 1 N–H and O–H groups in total. The first-order valence-electron chi connectivity index (χ1n) is 6.68. The summed E-state index contributed by atoms with van der Waals surface area (Å²) < 4.78 is 7.70. The molecular weight excluding hydrogens is 292 g/mol. The Hall–Kier alpha value is -1.11. The van der Waals surface area contributed by atoms with Crippen LogP contribution in [0.3, 0.4) is 0 Å². The molecule has 0 fully saturated rings. The summed E-state index contributed by atoms with van der Waals surface area (Å²) in [4.78, 5) is 8.43. The average molecular weight is 313 g/mol. The summed E-state index contributed by atoms with van der Waals surface area (Å²) >= 11 is 5.94. The molecule has 20 heavy (non-hydrogen) atoms. The maximum absolute atomic E-state index is 5.94. The van der Waals surface area contributed by atoms with Crippen LogP contribution in [-0.4, -0.2) is 36.3 Å². The maximum Gasteiger partial charge on any atom is 0.226 e. The maximum atomic E-state index is 5.94. The van der Waals surface area contributed by atoms with Gasteiger partial charge >= 0.3 is 0 Å². The standard InChI is InChI=1S/C13H21ClN4OSi/c1-15-11-10-5-6-18(12(10)17-13(14)16-11)9-19-7-8-20(2,3)4/h5-6H,7-9H2,1-4H3,(H,15,16,17). The van der Waals surface area contributed by atoms with Crippen molar-refractivity contribution in [2.45, 2.75) is 32.4 Å². The van der Waals surface area contributed by atoms with Gasteiger partial charge in [-0.3, -0.25) is 0 Å². The van der Waals surface area contributed by atoms with Crippen molar-refractivity contribution in [2.75, 3.05) is 19.0 Å². The minimum Gasteiger partial charge on any atom is -0.372 e. The van der Waals surface area contributed by atoms with Crippen LogP contribution in [0.5, 0.6) is 0 Å². The van der Waals surface area contributed by atoms with E-state index in [1.165, 1.54) is 0 Å². The predicted molar refractivity (Wildman–Crippen MR) is 86.2 cm³/mol. The topological polar surface area (TPSA) is 52.0 Å². The molecule has 0 unspecified atom stereocenters. The summed E-state index contributed by atoms with van der Waals surface area (Å²) in [7, 11) is 0.772. The summed E-state index contributed by atoms with van der Waals surface area (Å²) in [5.41, 5.74) is 0.794. The van der Waals surface area contributed by atoms with Crippen molar-refractivity contribution >= 4 is 36.5 Å². The third-order valence-corrected chi connectivity index (χ3v) is 4.93. The number of nitrogens with zero attached hydrogens (tertiary/aromatic N) is 3. The largest absolute Gasteiger partial charge is 0.372 e. The molecular formula is C13H21ClN4OSi. The number of ether oxygens (including phenoxy) is 1. The highest BCUT2D eigenvalue weighted by molar-refractivity contribution is 6.76. The van der Waals surface area contributed by atoms with Gasteiger partial charge in [0.2, 0.25) is 5.28 Å². The molecule has 0 saturated heterocycles. The van der Waals surface area contributed by atoms with Gasteiger partial charge in [-0.15, -0.1) is 0 Å². The molecule has 2 heterocycles. The third kappa shape index (κ3) is 3.71. The lowest BCUT2D eigenvalue weighted by Crippen LogP contribution is -2.22. The van der Waals surface area contributed by atoms with E-state index in [-0.39, 0.29) is 5.28 Å². The van der Waals surface area contributed by atoms with E-state index in [1.807, 2.05) is 23.9 Å². The normalized spacial score (nSPS) is 12.1. The second kappa shape index (κ2) is 6.11. The van der Waals surface area contributed by atoms with Gasteiger partial charge in [-0.2, -0.15) is 4.98 Å². The molecule has 0 bridgehead atoms. The number of nitrogens with one attached hydrogen (secondary N) is 1. The van der Waals surface area contributed by atoms with E-state index in [2.05, 4.69) is 34.9 Å². The van der Waals surface area contributed by atoms with Crippen LogP contribution in [-0.2, 0) is 11.5 Å². The van der Waals surface area contributed by atoms with E-state index < -0.39 is 8.07 Å². The fourth-order valence-corrected chi connectivity index (χ4v) is 2.80. The van der Waals surface area contributed by atoms with E-state index in [9.17, 15) is 0 Å². The summed E-state index contributed by atoms with van der Waals surface area (Å²) in [5.74, 6) is 0.737. The Labute approximate surface area is 125 Å². The molecule has 2 rings (SSSR count). The van der Waals surface area contributed by atoms with Crippen molar-refractivity contribution in [2.24, 2.45) is 0 Å². The zero-order chi connectivity index (χ0) is 14.8. The smallest absolute Gasteiger partial charge is 0.226 e. The number of hydrogen-bond acceptors (Lipinski definition) is 4. The monoisotopic (exact) mass is 312 g/mol. The molecule has 2 aromatic rings. The highest BCUT2D eigenvalue weighted by atomic mass is 35.5. The zero-order valence-corrected chi connectivity index (χ0v) is 14.2. The Morgan fingerprint density at radius 1 is 1.35 bits per heavy atom. The van der Waals surface area contributed by atoms with Gasteiger partial charge in [-0.1, -0.05) is 19.6 Å². The van der Waals surface area contributed by atoms with Gasteiger partial charge in [0.05, 0.1) is 5.39 Å². The van der Waals surface area contributed by atoms with E-state index in [1.54, 1.807) is 0 Å². The predicted octanol–water partition coefficient (Wildman–Crippen LogP) is 3.44. The molecule has 0 spiro atoms. The van der Waals surface area contributed by atoms with Crippen molar-refractivity contribution in [3.63, 3.8) is 0 Å². The first-order valence-corrected chi connectivity index (χ1v) is 10.8. The Morgan fingerprint density at radius 3 is 2.75 bits per heavy atom. The minimum atomic E-state index is -1.05. The van der Waals surface area contributed by atoms with Gasteiger partial charge in [0.25, 0.3) is 0 Å². The molecule has 0 aliphatic heterocycles. The number of rotatable bonds is 6. The summed E-state index contributed by atoms with van der Waals surface area (Å²) in [6.45, 7) is 8.30. The van der Waals surface area contributed by atoms with E-state index in [4.69, 9.17) is 16.3 Å². The van der Waals surface area contributed by atoms with Crippen LogP contribution in [0.4, 0.5) is 5.82 Å². The van der Waals surface area contributed by atoms with Crippen LogP contribution < -0.4 is 5.32 Å². The molecule has 2 aromatic heterocycles.